The van der Waals surface area contributed by atoms with E-state index < -0.39 is 0 Å². The van der Waals surface area contributed by atoms with Crippen molar-refractivity contribution in [3.8, 4) is 0 Å². The van der Waals surface area contributed by atoms with Crippen LogP contribution in [-0.4, -0.2) is 29.5 Å². The number of likely N-dealkylation sites (N-methyl/N-ethyl adjacent to an activating group) is 1. The number of hydrogen-bond donors (Lipinski definition) is 1. The van der Waals surface area contributed by atoms with E-state index in [1.807, 2.05) is 12.3 Å². The molecule has 1 unspecified atom stereocenters. The van der Waals surface area contributed by atoms with Gasteiger partial charge in [-0.15, -0.1) is 0 Å². The van der Waals surface area contributed by atoms with Gasteiger partial charge in [-0.2, -0.15) is 0 Å². The molecule has 1 aromatic heterocycles. The topological polar surface area (TPSA) is 42.1 Å². The second-order valence-corrected chi connectivity index (χ2v) is 3.36. The molecule has 0 saturated heterocycles. The Balaban J connectivity index is 2.50. The standard InChI is InChI=1S/C10H17N3/c1-9(6-11)13(2)8-10-4-3-5-12-7-10/h3-5,7,9H,6,8,11H2,1-2H3. The number of nitrogens with two attached hydrogens (primary N) is 1. The molecule has 1 heterocycles. The van der Waals surface area contributed by atoms with Crippen LogP contribution in [0.1, 0.15) is 12.5 Å². The van der Waals surface area contributed by atoms with Crippen LogP contribution in [-0.2, 0) is 6.54 Å². The smallest absolute Gasteiger partial charge is 0.0312 e. The highest BCUT2D eigenvalue weighted by atomic mass is 15.1. The monoisotopic (exact) mass is 179 g/mol. The van der Waals surface area contributed by atoms with Crippen LogP contribution in [0, 0.1) is 0 Å². The Morgan fingerprint density at radius 3 is 2.92 bits per heavy atom. The van der Waals surface area contributed by atoms with Crippen molar-refractivity contribution in [2.45, 2.75) is 19.5 Å². The van der Waals surface area contributed by atoms with Crippen molar-refractivity contribution in [1.82, 2.24) is 9.88 Å². The molecule has 0 bridgehead atoms. The summed E-state index contributed by atoms with van der Waals surface area (Å²) in [5.41, 5.74) is 6.80. The van der Waals surface area contributed by atoms with Crippen LogP contribution in [0.5, 0.6) is 0 Å². The molecule has 2 N–H and O–H groups in total. The molecule has 13 heavy (non-hydrogen) atoms. The average molecular weight is 179 g/mol. The van der Waals surface area contributed by atoms with Crippen molar-refractivity contribution in [1.29, 1.82) is 0 Å². The van der Waals surface area contributed by atoms with Crippen LogP contribution < -0.4 is 5.73 Å². The lowest BCUT2D eigenvalue weighted by atomic mass is 10.2. The minimum atomic E-state index is 0.417. The maximum Gasteiger partial charge on any atom is 0.0312 e. The molecule has 0 aliphatic carbocycles. The van der Waals surface area contributed by atoms with Crippen LogP contribution in [0.25, 0.3) is 0 Å². The number of aromatic nitrogens is 1. The number of pyridine rings is 1. The Morgan fingerprint density at radius 1 is 1.62 bits per heavy atom. The van der Waals surface area contributed by atoms with E-state index in [-0.39, 0.29) is 0 Å². The van der Waals surface area contributed by atoms with Gasteiger partial charge in [-0.1, -0.05) is 6.07 Å². The molecule has 1 aromatic rings. The summed E-state index contributed by atoms with van der Waals surface area (Å²) < 4.78 is 0. The van der Waals surface area contributed by atoms with Gasteiger partial charge in [0.15, 0.2) is 0 Å². The normalized spacial score (nSPS) is 13.2. The largest absolute Gasteiger partial charge is 0.329 e. The number of hydrogen-bond acceptors (Lipinski definition) is 3. The Morgan fingerprint density at radius 2 is 2.38 bits per heavy atom. The lowest BCUT2D eigenvalue weighted by Crippen LogP contribution is -2.34. The quantitative estimate of drug-likeness (QED) is 0.745. The van der Waals surface area contributed by atoms with E-state index >= 15 is 0 Å². The second-order valence-electron chi connectivity index (χ2n) is 3.36. The van der Waals surface area contributed by atoms with E-state index in [0.717, 1.165) is 6.54 Å². The van der Waals surface area contributed by atoms with E-state index in [1.165, 1.54) is 5.56 Å². The number of rotatable bonds is 4. The van der Waals surface area contributed by atoms with Crippen molar-refractivity contribution in [2.75, 3.05) is 13.6 Å². The average Bonchev–Trinajstić information content (AvgIpc) is 2.18. The third-order valence-electron chi connectivity index (χ3n) is 2.25. The molecule has 0 aliphatic rings. The van der Waals surface area contributed by atoms with Gasteiger partial charge in [0, 0.05) is 31.5 Å². The lowest BCUT2D eigenvalue weighted by molar-refractivity contribution is 0.254. The van der Waals surface area contributed by atoms with Gasteiger partial charge in [-0.3, -0.25) is 9.88 Å². The number of nitrogens with zero attached hydrogens (tertiary/aromatic N) is 2. The molecular weight excluding hydrogens is 162 g/mol. The fourth-order valence-corrected chi connectivity index (χ4v) is 1.12. The summed E-state index contributed by atoms with van der Waals surface area (Å²) in [7, 11) is 2.07. The first-order chi connectivity index (χ1) is 6.24. The third-order valence-corrected chi connectivity index (χ3v) is 2.25. The summed E-state index contributed by atoms with van der Waals surface area (Å²) in [5, 5.41) is 0. The highest BCUT2D eigenvalue weighted by Crippen LogP contribution is 2.03. The first kappa shape index (κ1) is 10.2. The molecule has 0 aromatic carbocycles. The fraction of sp³-hybridized carbons (Fsp3) is 0.500. The van der Waals surface area contributed by atoms with E-state index in [4.69, 9.17) is 5.73 Å². The lowest BCUT2D eigenvalue weighted by Gasteiger charge is -2.22. The predicted octanol–water partition coefficient (Wildman–Crippen LogP) is 0.861. The van der Waals surface area contributed by atoms with Gasteiger partial charge in [0.05, 0.1) is 0 Å². The Hall–Kier alpha value is -0.930. The first-order valence-corrected chi connectivity index (χ1v) is 4.53. The van der Waals surface area contributed by atoms with Gasteiger partial charge >= 0.3 is 0 Å². The Bertz CT molecular complexity index is 235. The summed E-state index contributed by atoms with van der Waals surface area (Å²) in [6.45, 7) is 3.72. The van der Waals surface area contributed by atoms with E-state index in [9.17, 15) is 0 Å². The highest BCUT2D eigenvalue weighted by Gasteiger charge is 2.06. The van der Waals surface area contributed by atoms with Gasteiger partial charge in [-0.25, -0.2) is 0 Å². The van der Waals surface area contributed by atoms with E-state index in [2.05, 4.69) is 29.9 Å². The van der Waals surface area contributed by atoms with Crippen molar-refractivity contribution >= 4 is 0 Å². The SMILES string of the molecule is CC(CN)N(C)Cc1cccnc1. The molecule has 0 aliphatic heterocycles. The minimum Gasteiger partial charge on any atom is -0.329 e. The molecule has 72 valence electrons. The van der Waals surface area contributed by atoms with Gasteiger partial charge in [-0.05, 0) is 25.6 Å². The van der Waals surface area contributed by atoms with Crippen LogP contribution in [0.3, 0.4) is 0 Å². The molecule has 3 heteroatoms. The van der Waals surface area contributed by atoms with E-state index in [1.54, 1.807) is 6.20 Å². The first-order valence-electron chi connectivity index (χ1n) is 4.53. The molecule has 0 fully saturated rings. The molecule has 0 radical (unpaired) electrons. The molecule has 0 saturated carbocycles. The minimum absolute atomic E-state index is 0.417. The molecule has 1 rings (SSSR count). The Kier molecular flexibility index (Phi) is 3.86. The summed E-state index contributed by atoms with van der Waals surface area (Å²) in [6, 6.07) is 4.45. The van der Waals surface area contributed by atoms with E-state index in [0.29, 0.717) is 12.6 Å². The Labute approximate surface area is 79.6 Å². The summed E-state index contributed by atoms with van der Waals surface area (Å²) >= 11 is 0. The third kappa shape index (κ3) is 3.13. The van der Waals surface area contributed by atoms with Crippen LogP contribution in [0.2, 0.25) is 0 Å². The van der Waals surface area contributed by atoms with Crippen molar-refractivity contribution in [3.05, 3.63) is 30.1 Å². The maximum absolute atomic E-state index is 5.57. The van der Waals surface area contributed by atoms with Gasteiger partial charge < -0.3 is 5.73 Å². The van der Waals surface area contributed by atoms with Crippen molar-refractivity contribution < 1.29 is 0 Å². The van der Waals surface area contributed by atoms with Crippen LogP contribution in [0.4, 0.5) is 0 Å². The van der Waals surface area contributed by atoms with Crippen molar-refractivity contribution in [3.63, 3.8) is 0 Å². The predicted molar refractivity (Wildman–Crippen MR) is 54.2 cm³/mol. The zero-order valence-electron chi connectivity index (χ0n) is 8.27. The van der Waals surface area contributed by atoms with Gasteiger partial charge in [0.2, 0.25) is 0 Å². The second kappa shape index (κ2) is 4.94. The molecule has 0 spiro atoms. The summed E-state index contributed by atoms with van der Waals surface area (Å²) in [6.07, 6.45) is 3.68. The zero-order valence-corrected chi connectivity index (χ0v) is 8.27. The van der Waals surface area contributed by atoms with Crippen LogP contribution >= 0.6 is 0 Å². The summed E-state index contributed by atoms with van der Waals surface area (Å²) in [4.78, 5) is 6.28. The van der Waals surface area contributed by atoms with Crippen LogP contribution in [0.15, 0.2) is 24.5 Å². The zero-order chi connectivity index (χ0) is 9.68. The van der Waals surface area contributed by atoms with Gasteiger partial charge in [0.1, 0.15) is 0 Å². The molecule has 3 nitrogen and oxygen atoms in total. The fourth-order valence-electron chi connectivity index (χ4n) is 1.12. The molecule has 0 amide bonds. The van der Waals surface area contributed by atoms with Crippen molar-refractivity contribution in [2.24, 2.45) is 5.73 Å². The highest BCUT2D eigenvalue weighted by molar-refractivity contribution is 5.08. The summed E-state index contributed by atoms with van der Waals surface area (Å²) in [5.74, 6) is 0. The molecule has 1 atom stereocenters. The molecular formula is C10H17N3. The van der Waals surface area contributed by atoms with Gasteiger partial charge in [0.25, 0.3) is 0 Å². The maximum atomic E-state index is 5.57.